The first-order valence-electron chi connectivity index (χ1n) is 9.76. The SMILES string of the molecule is Cc1ccc(OCCN)c(C(=O)NC2CCCN(Cc3ccc(F)cc3)C2)c1. The third kappa shape index (κ3) is 5.53. The molecule has 150 valence electrons. The number of halogens is 1. The lowest BCUT2D eigenvalue weighted by Gasteiger charge is -2.33. The number of rotatable bonds is 7. The van der Waals surface area contributed by atoms with E-state index in [-0.39, 0.29) is 17.8 Å². The number of benzene rings is 2. The van der Waals surface area contributed by atoms with E-state index in [1.54, 1.807) is 0 Å². The Labute approximate surface area is 165 Å². The van der Waals surface area contributed by atoms with Crippen LogP contribution in [0.3, 0.4) is 0 Å². The van der Waals surface area contributed by atoms with E-state index in [0.29, 0.717) is 24.5 Å². The molecule has 1 saturated heterocycles. The van der Waals surface area contributed by atoms with Gasteiger partial charge in [0, 0.05) is 25.7 Å². The number of aryl methyl sites for hydroxylation is 1. The van der Waals surface area contributed by atoms with E-state index in [9.17, 15) is 9.18 Å². The highest BCUT2D eigenvalue weighted by Crippen LogP contribution is 2.21. The van der Waals surface area contributed by atoms with Gasteiger partial charge in [-0.15, -0.1) is 0 Å². The van der Waals surface area contributed by atoms with Gasteiger partial charge < -0.3 is 15.8 Å². The van der Waals surface area contributed by atoms with Gasteiger partial charge >= 0.3 is 0 Å². The smallest absolute Gasteiger partial charge is 0.255 e. The summed E-state index contributed by atoms with van der Waals surface area (Å²) in [6, 6.07) is 12.3. The Morgan fingerprint density at radius 3 is 2.82 bits per heavy atom. The molecule has 1 fully saturated rings. The van der Waals surface area contributed by atoms with E-state index in [1.807, 2.05) is 37.3 Å². The van der Waals surface area contributed by atoms with Crippen LogP contribution in [0.2, 0.25) is 0 Å². The predicted molar refractivity (Wildman–Crippen MR) is 108 cm³/mol. The van der Waals surface area contributed by atoms with E-state index in [1.165, 1.54) is 12.1 Å². The van der Waals surface area contributed by atoms with Gasteiger partial charge in [-0.25, -0.2) is 4.39 Å². The van der Waals surface area contributed by atoms with Gasteiger partial charge in [0.1, 0.15) is 18.2 Å². The molecule has 0 aromatic heterocycles. The highest BCUT2D eigenvalue weighted by Gasteiger charge is 2.23. The number of carbonyl (C=O) groups is 1. The van der Waals surface area contributed by atoms with E-state index >= 15 is 0 Å². The minimum Gasteiger partial charge on any atom is -0.491 e. The summed E-state index contributed by atoms with van der Waals surface area (Å²) in [5.74, 6) is 0.218. The highest BCUT2D eigenvalue weighted by atomic mass is 19.1. The Kier molecular flexibility index (Phi) is 7.01. The normalized spacial score (nSPS) is 17.3. The quantitative estimate of drug-likeness (QED) is 0.769. The first kappa shape index (κ1) is 20.3. The van der Waals surface area contributed by atoms with Crippen LogP contribution in [0, 0.1) is 12.7 Å². The summed E-state index contributed by atoms with van der Waals surface area (Å²) in [7, 11) is 0. The molecule has 2 aromatic carbocycles. The van der Waals surface area contributed by atoms with Crippen LogP contribution >= 0.6 is 0 Å². The minimum absolute atomic E-state index is 0.0737. The average molecular weight is 385 g/mol. The number of likely N-dealkylation sites (tertiary alicyclic amines) is 1. The standard InChI is InChI=1S/C22H28FN3O2/c1-16-4-9-21(28-12-10-24)20(13-16)22(27)25-19-3-2-11-26(15-19)14-17-5-7-18(23)8-6-17/h4-9,13,19H,2-3,10-12,14-15,24H2,1H3,(H,25,27). The van der Waals surface area contributed by atoms with E-state index in [0.717, 1.165) is 43.6 Å². The van der Waals surface area contributed by atoms with Crippen LogP contribution in [0.1, 0.15) is 34.3 Å². The van der Waals surface area contributed by atoms with Crippen molar-refractivity contribution >= 4 is 5.91 Å². The second-order valence-electron chi connectivity index (χ2n) is 7.31. The van der Waals surface area contributed by atoms with Crippen LogP contribution in [0.15, 0.2) is 42.5 Å². The molecule has 0 saturated carbocycles. The van der Waals surface area contributed by atoms with Crippen molar-refractivity contribution in [2.45, 2.75) is 32.4 Å². The molecule has 0 aliphatic carbocycles. The molecule has 1 aliphatic rings. The zero-order valence-corrected chi connectivity index (χ0v) is 16.3. The second kappa shape index (κ2) is 9.66. The molecule has 0 bridgehead atoms. The largest absolute Gasteiger partial charge is 0.491 e. The third-order valence-electron chi connectivity index (χ3n) is 4.92. The molecule has 1 unspecified atom stereocenters. The molecule has 3 N–H and O–H groups in total. The van der Waals surface area contributed by atoms with E-state index in [2.05, 4.69) is 10.2 Å². The van der Waals surface area contributed by atoms with Gasteiger partial charge in [0.2, 0.25) is 0 Å². The maximum Gasteiger partial charge on any atom is 0.255 e. The van der Waals surface area contributed by atoms with Crippen LogP contribution in [-0.2, 0) is 6.54 Å². The Morgan fingerprint density at radius 1 is 1.29 bits per heavy atom. The van der Waals surface area contributed by atoms with Crippen molar-refractivity contribution in [1.82, 2.24) is 10.2 Å². The number of nitrogens with zero attached hydrogens (tertiary/aromatic N) is 1. The fourth-order valence-corrected chi connectivity index (χ4v) is 3.54. The molecule has 0 spiro atoms. The van der Waals surface area contributed by atoms with Gasteiger partial charge in [-0.05, 0) is 56.1 Å². The predicted octanol–water partition coefficient (Wildman–Crippen LogP) is 2.87. The summed E-state index contributed by atoms with van der Waals surface area (Å²) >= 11 is 0. The molecule has 1 aliphatic heterocycles. The van der Waals surface area contributed by atoms with Crippen molar-refractivity contribution in [3.8, 4) is 5.75 Å². The molecule has 2 aromatic rings. The Bertz CT molecular complexity index is 795. The van der Waals surface area contributed by atoms with Crippen LogP contribution < -0.4 is 15.8 Å². The van der Waals surface area contributed by atoms with Crippen molar-refractivity contribution in [3.63, 3.8) is 0 Å². The van der Waals surface area contributed by atoms with Crippen molar-refractivity contribution in [3.05, 3.63) is 65.0 Å². The summed E-state index contributed by atoms with van der Waals surface area (Å²) in [5.41, 5.74) is 8.14. The Balaban J connectivity index is 1.62. The second-order valence-corrected chi connectivity index (χ2v) is 7.31. The summed E-state index contributed by atoms with van der Waals surface area (Å²) < 4.78 is 18.7. The molecule has 6 heteroatoms. The number of hydrogen-bond donors (Lipinski definition) is 2. The van der Waals surface area contributed by atoms with Gasteiger partial charge in [0.25, 0.3) is 5.91 Å². The van der Waals surface area contributed by atoms with Crippen LogP contribution in [-0.4, -0.2) is 43.1 Å². The van der Waals surface area contributed by atoms with Crippen LogP contribution in [0.4, 0.5) is 4.39 Å². The van der Waals surface area contributed by atoms with Gasteiger partial charge in [-0.1, -0.05) is 23.8 Å². The molecule has 28 heavy (non-hydrogen) atoms. The lowest BCUT2D eigenvalue weighted by molar-refractivity contribution is 0.0896. The highest BCUT2D eigenvalue weighted by molar-refractivity contribution is 5.97. The summed E-state index contributed by atoms with van der Waals surface area (Å²) in [6.07, 6.45) is 1.95. The maximum absolute atomic E-state index is 13.1. The average Bonchev–Trinajstić information content (AvgIpc) is 2.69. The number of ether oxygens (including phenoxy) is 1. The van der Waals surface area contributed by atoms with E-state index < -0.39 is 0 Å². The van der Waals surface area contributed by atoms with Gasteiger partial charge in [0.05, 0.1) is 5.56 Å². The maximum atomic E-state index is 13.1. The summed E-state index contributed by atoms with van der Waals surface area (Å²) in [4.78, 5) is 15.2. The molecule has 1 heterocycles. The van der Waals surface area contributed by atoms with Crippen molar-refractivity contribution < 1.29 is 13.9 Å². The molecule has 0 radical (unpaired) electrons. The topological polar surface area (TPSA) is 67.6 Å². The van der Waals surface area contributed by atoms with Crippen LogP contribution in [0.5, 0.6) is 5.75 Å². The number of piperidine rings is 1. The number of amides is 1. The lowest BCUT2D eigenvalue weighted by atomic mass is 10.0. The first-order valence-corrected chi connectivity index (χ1v) is 9.76. The van der Waals surface area contributed by atoms with E-state index in [4.69, 9.17) is 10.5 Å². The zero-order chi connectivity index (χ0) is 19.9. The molecule has 1 amide bonds. The van der Waals surface area contributed by atoms with Crippen molar-refractivity contribution in [1.29, 1.82) is 0 Å². The number of hydrogen-bond acceptors (Lipinski definition) is 4. The third-order valence-corrected chi connectivity index (χ3v) is 4.92. The fourth-order valence-electron chi connectivity index (χ4n) is 3.54. The van der Waals surface area contributed by atoms with Gasteiger partial charge in [-0.3, -0.25) is 9.69 Å². The van der Waals surface area contributed by atoms with Crippen molar-refractivity contribution in [2.75, 3.05) is 26.2 Å². The number of nitrogens with two attached hydrogens (primary N) is 1. The van der Waals surface area contributed by atoms with Crippen LogP contribution in [0.25, 0.3) is 0 Å². The molecule has 5 nitrogen and oxygen atoms in total. The first-order chi connectivity index (χ1) is 13.5. The summed E-state index contributed by atoms with van der Waals surface area (Å²) in [5, 5.41) is 3.15. The summed E-state index contributed by atoms with van der Waals surface area (Å²) in [6.45, 7) is 5.22. The molecular formula is C22H28FN3O2. The Morgan fingerprint density at radius 2 is 2.07 bits per heavy atom. The molecular weight excluding hydrogens is 357 g/mol. The Hall–Kier alpha value is -2.44. The molecule has 3 rings (SSSR count). The number of nitrogens with one attached hydrogen (secondary N) is 1. The lowest BCUT2D eigenvalue weighted by Crippen LogP contribution is -2.47. The fraction of sp³-hybridized carbons (Fsp3) is 0.409. The van der Waals surface area contributed by atoms with Gasteiger partial charge in [-0.2, -0.15) is 0 Å². The van der Waals surface area contributed by atoms with Gasteiger partial charge in [0.15, 0.2) is 0 Å². The zero-order valence-electron chi connectivity index (χ0n) is 16.3. The monoisotopic (exact) mass is 385 g/mol. The molecule has 1 atom stereocenters. The van der Waals surface area contributed by atoms with Crippen molar-refractivity contribution in [2.24, 2.45) is 5.73 Å². The number of carbonyl (C=O) groups excluding carboxylic acids is 1. The minimum atomic E-state index is -0.224.